The highest BCUT2D eigenvalue weighted by molar-refractivity contribution is 7.99. The minimum Gasteiger partial charge on any atom is -0.497 e. The number of thioether (sulfide) groups is 1. The number of rotatable bonds is 7. The molecule has 1 aliphatic rings. The maximum absolute atomic E-state index is 13.1. The monoisotopic (exact) mass is 445 g/mol. The van der Waals surface area contributed by atoms with Gasteiger partial charge in [-0.15, -0.1) is 11.3 Å². The predicted octanol–water partition coefficient (Wildman–Crippen LogP) is 3.71. The summed E-state index contributed by atoms with van der Waals surface area (Å²) in [4.78, 5) is 32.4. The van der Waals surface area contributed by atoms with Gasteiger partial charge in [0.15, 0.2) is 5.16 Å². The van der Waals surface area contributed by atoms with Gasteiger partial charge in [-0.3, -0.25) is 14.2 Å². The van der Waals surface area contributed by atoms with E-state index in [0.717, 1.165) is 29.5 Å². The van der Waals surface area contributed by atoms with Crippen molar-refractivity contribution in [3.8, 4) is 11.5 Å². The molecule has 9 heteroatoms. The van der Waals surface area contributed by atoms with Crippen LogP contribution in [0.15, 0.2) is 28.2 Å². The molecule has 0 aliphatic heterocycles. The molecule has 0 radical (unpaired) electrons. The first-order valence-corrected chi connectivity index (χ1v) is 11.6. The zero-order valence-corrected chi connectivity index (χ0v) is 18.7. The predicted molar refractivity (Wildman–Crippen MR) is 120 cm³/mol. The minimum absolute atomic E-state index is 0.00151. The van der Waals surface area contributed by atoms with Crippen molar-refractivity contribution < 1.29 is 14.3 Å². The molecule has 0 saturated heterocycles. The standard InChI is InChI=1S/C21H23N3O4S2/c1-4-24-20(26)18-13-6-5-7-16(13)30-19(18)23-21(24)29-11-17(25)22-14-9-8-12(27-2)10-15(14)28-3/h8-10H,4-7,11H2,1-3H3,(H,22,25). The van der Waals surface area contributed by atoms with E-state index in [2.05, 4.69) is 5.32 Å². The third-order valence-electron chi connectivity index (χ3n) is 5.12. The highest BCUT2D eigenvalue weighted by Crippen LogP contribution is 2.35. The van der Waals surface area contributed by atoms with E-state index in [1.165, 1.54) is 29.3 Å². The normalized spacial score (nSPS) is 12.8. The van der Waals surface area contributed by atoms with E-state index in [0.29, 0.717) is 28.9 Å². The van der Waals surface area contributed by atoms with Crippen molar-refractivity contribution in [3.05, 3.63) is 39.0 Å². The maximum atomic E-state index is 13.1. The number of fused-ring (bicyclic) bond motifs is 3. The molecule has 4 rings (SSSR count). The van der Waals surface area contributed by atoms with Crippen LogP contribution in [0.25, 0.3) is 10.2 Å². The van der Waals surface area contributed by atoms with Crippen LogP contribution in [-0.4, -0.2) is 35.4 Å². The highest BCUT2D eigenvalue weighted by Gasteiger charge is 2.23. The molecule has 0 saturated carbocycles. The van der Waals surface area contributed by atoms with Gasteiger partial charge in [0, 0.05) is 17.5 Å². The van der Waals surface area contributed by atoms with Gasteiger partial charge in [0.2, 0.25) is 5.91 Å². The molecule has 1 aromatic carbocycles. The second-order valence-corrected chi connectivity index (χ2v) is 8.91. The van der Waals surface area contributed by atoms with E-state index < -0.39 is 0 Å². The number of ether oxygens (including phenoxy) is 2. The van der Waals surface area contributed by atoms with Gasteiger partial charge in [-0.25, -0.2) is 4.98 Å². The Morgan fingerprint density at radius 2 is 2.13 bits per heavy atom. The molecule has 3 aromatic rings. The van der Waals surface area contributed by atoms with Crippen LogP contribution < -0.4 is 20.3 Å². The molecule has 0 bridgehead atoms. The summed E-state index contributed by atoms with van der Waals surface area (Å²) < 4.78 is 12.2. The Kier molecular flexibility index (Phi) is 6.01. The number of nitrogens with one attached hydrogen (secondary N) is 1. The van der Waals surface area contributed by atoms with Gasteiger partial charge in [0.25, 0.3) is 5.56 Å². The average molecular weight is 446 g/mol. The summed E-state index contributed by atoms with van der Waals surface area (Å²) in [6.07, 6.45) is 3.08. The minimum atomic E-state index is -0.200. The summed E-state index contributed by atoms with van der Waals surface area (Å²) in [6, 6.07) is 5.20. The Morgan fingerprint density at radius 1 is 1.30 bits per heavy atom. The second-order valence-electron chi connectivity index (χ2n) is 6.88. The van der Waals surface area contributed by atoms with Crippen LogP contribution in [0.4, 0.5) is 5.69 Å². The molecule has 0 unspecified atom stereocenters. The van der Waals surface area contributed by atoms with Crippen LogP contribution in [0.1, 0.15) is 23.8 Å². The zero-order chi connectivity index (χ0) is 21.3. The van der Waals surface area contributed by atoms with E-state index in [9.17, 15) is 9.59 Å². The van der Waals surface area contributed by atoms with Gasteiger partial charge in [0.1, 0.15) is 16.3 Å². The molecular weight excluding hydrogens is 422 g/mol. The molecule has 30 heavy (non-hydrogen) atoms. The van der Waals surface area contributed by atoms with Crippen LogP contribution >= 0.6 is 23.1 Å². The third-order valence-corrected chi connectivity index (χ3v) is 7.28. The number of benzene rings is 1. The molecule has 2 heterocycles. The van der Waals surface area contributed by atoms with Crippen molar-refractivity contribution in [1.29, 1.82) is 0 Å². The number of thiophene rings is 1. The molecule has 0 atom stereocenters. The molecule has 0 fully saturated rings. The van der Waals surface area contributed by atoms with E-state index in [-0.39, 0.29) is 17.2 Å². The number of carbonyl (C=O) groups excluding carboxylic acids is 1. The van der Waals surface area contributed by atoms with Gasteiger partial charge in [0.05, 0.1) is 31.0 Å². The number of anilines is 1. The number of carbonyl (C=O) groups is 1. The van der Waals surface area contributed by atoms with Gasteiger partial charge in [-0.05, 0) is 43.9 Å². The fourth-order valence-electron chi connectivity index (χ4n) is 3.67. The smallest absolute Gasteiger partial charge is 0.263 e. The Bertz CT molecular complexity index is 1170. The van der Waals surface area contributed by atoms with E-state index in [1.54, 1.807) is 41.2 Å². The number of aromatic nitrogens is 2. The maximum Gasteiger partial charge on any atom is 0.263 e. The number of methoxy groups -OCH3 is 2. The Balaban J connectivity index is 1.54. The van der Waals surface area contributed by atoms with Crippen LogP contribution in [0.3, 0.4) is 0 Å². The first-order valence-electron chi connectivity index (χ1n) is 9.75. The van der Waals surface area contributed by atoms with Gasteiger partial charge in [-0.2, -0.15) is 0 Å². The number of aryl methyl sites for hydroxylation is 2. The number of hydrogen-bond donors (Lipinski definition) is 1. The van der Waals surface area contributed by atoms with Gasteiger partial charge in [-0.1, -0.05) is 11.8 Å². The van der Waals surface area contributed by atoms with Gasteiger partial charge < -0.3 is 14.8 Å². The summed E-state index contributed by atoms with van der Waals surface area (Å²) in [7, 11) is 3.11. The summed E-state index contributed by atoms with van der Waals surface area (Å²) in [5.74, 6) is 1.10. The zero-order valence-electron chi connectivity index (χ0n) is 17.1. The second kappa shape index (κ2) is 8.69. The first-order chi connectivity index (χ1) is 14.5. The molecule has 1 N–H and O–H groups in total. The Hall–Kier alpha value is -2.52. The average Bonchev–Trinajstić information content (AvgIpc) is 3.33. The third kappa shape index (κ3) is 3.79. The molecule has 1 amide bonds. The first kappa shape index (κ1) is 20.7. The SMILES string of the molecule is CCn1c(SCC(=O)Nc2ccc(OC)cc2OC)nc2sc3c(c2c1=O)CCC3. The van der Waals surface area contributed by atoms with Crippen molar-refractivity contribution in [3.63, 3.8) is 0 Å². The van der Waals surface area contributed by atoms with E-state index >= 15 is 0 Å². The lowest BCUT2D eigenvalue weighted by Gasteiger charge is -2.12. The van der Waals surface area contributed by atoms with Crippen LogP contribution in [0, 0.1) is 0 Å². The lowest BCUT2D eigenvalue weighted by atomic mass is 10.2. The summed E-state index contributed by atoms with van der Waals surface area (Å²) >= 11 is 2.88. The van der Waals surface area contributed by atoms with Crippen LogP contribution in [0.5, 0.6) is 11.5 Å². The molecule has 158 valence electrons. The Labute approximate surface area is 182 Å². The fraction of sp³-hybridized carbons (Fsp3) is 0.381. The molecule has 7 nitrogen and oxygen atoms in total. The summed E-state index contributed by atoms with van der Waals surface area (Å²) in [5.41, 5.74) is 1.74. The lowest BCUT2D eigenvalue weighted by Crippen LogP contribution is -2.23. The van der Waals surface area contributed by atoms with Crippen molar-refractivity contribution in [2.75, 3.05) is 25.3 Å². The molecule has 1 aliphatic carbocycles. The van der Waals surface area contributed by atoms with Crippen LogP contribution in [0.2, 0.25) is 0 Å². The largest absolute Gasteiger partial charge is 0.497 e. The van der Waals surface area contributed by atoms with Gasteiger partial charge >= 0.3 is 0 Å². The molecular formula is C21H23N3O4S2. The number of nitrogens with zero attached hydrogens (tertiary/aromatic N) is 2. The quantitative estimate of drug-likeness (QED) is 0.441. The summed E-state index contributed by atoms with van der Waals surface area (Å²) in [5, 5.41) is 4.20. The topological polar surface area (TPSA) is 82.5 Å². The fourth-order valence-corrected chi connectivity index (χ4v) is 5.83. The van der Waals surface area contributed by atoms with Crippen molar-refractivity contribution in [2.24, 2.45) is 0 Å². The summed E-state index contributed by atoms with van der Waals surface area (Å²) in [6.45, 7) is 2.44. The van der Waals surface area contributed by atoms with Crippen molar-refractivity contribution >= 4 is 44.9 Å². The molecule has 2 aromatic heterocycles. The van der Waals surface area contributed by atoms with E-state index in [1.807, 2.05) is 6.92 Å². The van der Waals surface area contributed by atoms with Crippen molar-refractivity contribution in [1.82, 2.24) is 9.55 Å². The highest BCUT2D eigenvalue weighted by atomic mass is 32.2. The van der Waals surface area contributed by atoms with Crippen LogP contribution in [-0.2, 0) is 24.2 Å². The van der Waals surface area contributed by atoms with Crippen molar-refractivity contribution in [2.45, 2.75) is 37.9 Å². The lowest BCUT2D eigenvalue weighted by molar-refractivity contribution is -0.113. The Morgan fingerprint density at radius 3 is 2.87 bits per heavy atom. The van der Waals surface area contributed by atoms with E-state index in [4.69, 9.17) is 14.5 Å². The number of amides is 1. The molecule has 0 spiro atoms. The number of hydrogen-bond acceptors (Lipinski definition) is 7.